The highest BCUT2D eigenvalue weighted by atomic mass is 35.5. The number of halogens is 2. The largest absolute Gasteiger partial charge is 0.302 e. The number of carbonyl (C=O) groups excluding carboxylic acids is 1. The van der Waals surface area contributed by atoms with Crippen LogP contribution in [0.5, 0.6) is 0 Å². The predicted octanol–water partition coefficient (Wildman–Crippen LogP) is 5.86. The van der Waals surface area contributed by atoms with Gasteiger partial charge in [0.05, 0.1) is 12.1 Å². The number of carbonyl (C=O) groups is 1. The molecule has 1 heterocycles. The molecule has 1 aromatic heterocycles. The molecule has 0 aliphatic carbocycles. The van der Waals surface area contributed by atoms with Gasteiger partial charge in [0.2, 0.25) is 5.91 Å². The topological polar surface area (TPSA) is 42.0 Å². The van der Waals surface area contributed by atoms with Gasteiger partial charge in [0, 0.05) is 21.0 Å². The summed E-state index contributed by atoms with van der Waals surface area (Å²) in [5.41, 5.74) is 3.78. The van der Waals surface area contributed by atoms with Crippen molar-refractivity contribution in [3.63, 3.8) is 0 Å². The molecular formula is C19H16Cl2N2OS. The Bertz CT molecular complexity index is 870. The summed E-state index contributed by atoms with van der Waals surface area (Å²) >= 11 is 13.6. The lowest BCUT2D eigenvalue weighted by Gasteiger charge is -2.06. The molecule has 0 saturated heterocycles. The van der Waals surface area contributed by atoms with Gasteiger partial charge in [-0.3, -0.25) is 4.79 Å². The second-order valence-corrected chi connectivity index (χ2v) is 7.19. The van der Waals surface area contributed by atoms with E-state index in [0.717, 1.165) is 17.7 Å². The number of hydrogen-bond donors (Lipinski definition) is 1. The minimum atomic E-state index is -0.197. The molecule has 3 aromatic rings. The summed E-state index contributed by atoms with van der Waals surface area (Å²) in [5.74, 6) is -0.197. The number of nitrogens with zero attached hydrogens (tertiary/aromatic N) is 1. The summed E-state index contributed by atoms with van der Waals surface area (Å²) in [6.45, 7) is 2.12. The van der Waals surface area contributed by atoms with E-state index in [-0.39, 0.29) is 12.3 Å². The molecule has 0 bridgehead atoms. The van der Waals surface area contributed by atoms with Crippen LogP contribution in [0.3, 0.4) is 0 Å². The monoisotopic (exact) mass is 390 g/mol. The molecule has 3 rings (SSSR count). The molecule has 128 valence electrons. The number of rotatable bonds is 5. The maximum atomic E-state index is 12.3. The highest BCUT2D eigenvalue weighted by Crippen LogP contribution is 2.27. The average Bonchev–Trinajstić information content (AvgIpc) is 3.07. The second-order valence-electron chi connectivity index (χ2n) is 5.51. The summed E-state index contributed by atoms with van der Waals surface area (Å²) in [6.07, 6.45) is 1.11. The van der Waals surface area contributed by atoms with Crippen molar-refractivity contribution in [1.82, 2.24) is 4.98 Å². The number of benzene rings is 2. The molecule has 0 saturated carbocycles. The quantitative estimate of drug-likeness (QED) is 0.592. The molecule has 1 amide bonds. The van der Waals surface area contributed by atoms with Crippen LogP contribution in [0.2, 0.25) is 10.0 Å². The van der Waals surface area contributed by atoms with Crippen molar-refractivity contribution in [2.45, 2.75) is 19.8 Å². The van der Waals surface area contributed by atoms with Crippen molar-refractivity contribution in [3.05, 3.63) is 69.0 Å². The van der Waals surface area contributed by atoms with Gasteiger partial charge in [0.25, 0.3) is 0 Å². The zero-order valence-corrected chi connectivity index (χ0v) is 15.9. The minimum absolute atomic E-state index is 0.110. The van der Waals surface area contributed by atoms with Gasteiger partial charge in [-0.05, 0) is 29.7 Å². The SMILES string of the molecule is CCc1ccc(-c2csc(NC(=O)Cc3c(Cl)cccc3Cl)n2)cc1. The smallest absolute Gasteiger partial charge is 0.230 e. The fraction of sp³-hybridized carbons (Fsp3) is 0.158. The first-order valence-corrected chi connectivity index (χ1v) is 9.48. The van der Waals surface area contributed by atoms with Crippen LogP contribution >= 0.6 is 34.5 Å². The number of thiazole rings is 1. The fourth-order valence-electron chi connectivity index (χ4n) is 2.40. The second kappa shape index (κ2) is 8.00. The predicted molar refractivity (Wildman–Crippen MR) is 106 cm³/mol. The summed E-state index contributed by atoms with van der Waals surface area (Å²) in [6, 6.07) is 13.5. The van der Waals surface area contributed by atoms with Crippen LogP contribution < -0.4 is 5.32 Å². The Kier molecular flexibility index (Phi) is 5.74. The van der Waals surface area contributed by atoms with E-state index < -0.39 is 0 Å². The van der Waals surface area contributed by atoms with E-state index in [1.807, 2.05) is 17.5 Å². The van der Waals surface area contributed by atoms with Crippen LogP contribution in [0.4, 0.5) is 5.13 Å². The first kappa shape index (κ1) is 17.9. The molecule has 0 atom stereocenters. The van der Waals surface area contributed by atoms with Crippen LogP contribution in [-0.4, -0.2) is 10.9 Å². The van der Waals surface area contributed by atoms with E-state index in [0.29, 0.717) is 20.7 Å². The summed E-state index contributed by atoms with van der Waals surface area (Å²) in [7, 11) is 0. The van der Waals surface area contributed by atoms with Gasteiger partial charge in [0.1, 0.15) is 0 Å². The van der Waals surface area contributed by atoms with Gasteiger partial charge >= 0.3 is 0 Å². The Hall–Kier alpha value is -1.88. The maximum absolute atomic E-state index is 12.3. The van der Waals surface area contributed by atoms with Crippen molar-refractivity contribution in [3.8, 4) is 11.3 Å². The first-order chi connectivity index (χ1) is 12.1. The molecule has 0 fully saturated rings. The minimum Gasteiger partial charge on any atom is -0.302 e. The van der Waals surface area contributed by atoms with E-state index in [1.54, 1.807) is 18.2 Å². The number of amides is 1. The Morgan fingerprint density at radius 3 is 2.44 bits per heavy atom. The van der Waals surface area contributed by atoms with Crippen molar-refractivity contribution in [1.29, 1.82) is 0 Å². The molecule has 0 aliphatic rings. The van der Waals surface area contributed by atoms with Crippen LogP contribution in [0.25, 0.3) is 11.3 Å². The standard InChI is InChI=1S/C19H16Cl2N2OS/c1-2-12-6-8-13(9-7-12)17-11-25-19(22-17)23-18(24)10-14-15(20)4-3-5-16(14)21/h3-9,11H,2,10H2,1H3,(H,22,23,24). The van der Waals surface area contributed by atoms with Gasteiger partial charge in [0.15, 0.2) is 5.13 Å². The molecule has 0 radical (unpaired) electrons. The summed E-state index contributed by atoms with van der Waals surface area (Å²) in [4.78, 5) is 16.7. The van der Waals surface area contributed by atoms with E-state index in [1.165, 1.54) is 16.9 Å². The Morgan fingerprint density at radius 2 is 1.80 bits per heavy atom. The lowest BCUT2D eigenvalue weighted by Crippen LogP contribution is -2.14. The van der Waals surface area contributed by atoms with Gasteiger partial charge in [-0.15, -0.1) is 11.3 Å². The normalized spacial score (nSPS) is 10.7. The van der Waals surface area contributed by atoms with Crippen LogP contribution in [0, 0.1) is 0 Å². The van der Waals surface area contributed by atoms with Crippen molar-refractivity contribution in [2.24, 2.45) is 0 Å². The van der Waals surface area contributed by atoms with Crippen molar-refractivity contribution < 1.29 is 4.79 Å². The molecule has 1 N–H and O–H groups in total. The van der Waals surface area contributed by atoms with E-state index in [2.05, 4.69) is 29.4 Å². The summed E-state index contributed by atoms with van der Waals surface area (Å²) < 4.78 is 0. The first-order valence-electron chi connectivity index (χ1n) is 7.84. The zero-order chi connectivity index (χ0) is 17.8. The Balaban J connectivity index is 1.69. The van der Waals surface area contributed by atoms with Crippen molar-refractivity contribution >= 4 is 45.6 Å². The lowest BCUT2D eigenvalue weighted by atomic mass is 10.1. The van der Waals surface area contributed by atoms with Gasteiger partial charge < -0.3 is 5.32 Å². The number of aryl methyl sites for hydroxylation is 1. The third kappa shape index (κ3) is 4.40. The number of anilines is 1. The molecule has 2 aromatic carbocycles. The van der Waals surface area contributed by atoms with E-state index in [4.69, 9.17) is 23.2 Å². The van der Waals surface area contributed by atoms with E-state index in [9.17, 15) is 4.79 Å². The van der Waals surface area contributed by atoms with Gasteiger partial charge in [-0.2, -0.15) is 0 Å². The van der Waals surface area contributed by atoms with Crippen LogP contribution in [0.1, 0.15) is 18.1 Å². The molecule has 0 aliphatic heterocycles. The molecule has 3 nitrogen and oxygen atoms in total. The van der Waals surface area contributed by atoms with Gasteiger partial charge in [-0.1, -0.05) is 60.5 Å². The third-order valence-electron chi connectivity index (χ3n) is 3.81. The van der Waals surface area contributed by atoms with Crippen molar-refractivity contribution in [2.75, 3.05) is 5.32 Å². The molecule has 25 heavy (non-hydrogen) atoms. The zero-order valence-electron chi connectivity index (χ0n) is 13.6. The maximum Gasteiger partial charge on any atom is 0.230 e. The molecule has 0 unspecified atom stereocenters. The van der Waals surface area contributed by atoms with E-state index >= 15 is 0 Å². The van der Waals surface area contributed by atoms with Gasteiger partial charge in [-0.25, -0.2) is 4.98 Å². The van der Waals surface area contributed by atoms with Crippen LogP contribution in [0.15, 0.2) is 47.8 Å². The molecule has 6 heteroatoms. The highest BCUT2D eigenvalue weighted by Gasteiger charge is 2.13. The van der Waals surface area contributed by atoms with Crippen LogP contribution in [-0.2, 0) is 17.6 Å². The third-order valence-corrected chi connectivity index (χ3v) is 5.27. The number of aromatic nitrogens is 1. The molecule has 0 spiro atoms. The fourth-order valence-corrected chi connectivity index (χ4v) is 3.67. The average molecular weight is 391 g/mol. The highest BCUT2D eigenvalue weighted by molar-refractivity contribution is 7.14. The summed E-state index contributed by atoms with van der Waals surface area (Å²) in [5, 5.41) is 6.27. The Labute approximate surface area is 160 Å². The lowest BCUT2D eigenvalue weighted by molar-refractivity contribution is -0.115. The Morgan fingerprint density at radius 1 is 1.12 bits per heavy atom. The molecular weight excluding hydrogens is 375 g/mol. The number of nitrogens with one attached hydrogen (secondary N) is 1. The number of hydrogen-bond acceptors (Lipinski definition) is 3.